The molecule has 0 aliphatic carbocycles. The summed E-state index contributed by atoms with van der Waals surface area (Å²) in [4.78, 5) is 0. The van der Waals surface area contributed by atoms with Gasteiger partial charge in [-0.1, -0.05) is 20.8 Å². The molecule has 0 bridgehead atoms. The molecule has 0 aromatic carbocycles. The molecule has 3 atom stereocenters. The van der Waals surface area contributed by atoms with Crippen molar-refractivity contribution in [2.75, 3.05) is 19.0 Å². The first-order chi connectivity index (χ1) is 8.68. The van der Waals surface area contributed by atoms with E-state index < -0.39 is 6.10 Å². The first-order valence-corrected chi connectivity index (χ1v) is 7.82. The average molecular weight is 294 g/mol. The number of hydrogen-bond donors (Lipinski definition) is 2. The van der Waals surface area contributed by atoms with Crippen molar-refractivity contribution >= 4 is 11.6 Å². The zero-order valence-electron chi connectivity index (χ0n) is 13.4. The highest BCUT2D eigenvalue weighted by molar-refractivity contribution is 6.18. The van der Waals surface area contributed by atoms with Crippen LogP contribution in [0.25, 0.3) is 0 Å². The molecule has 0 aliphatic heterocycles. The van der Waals surface area contributed by atoms with Crippen molar-refractivity contribution in [3.8, 4) is 0 Å². The summed E-state index contributed by atoms with van der Waals surface area (Å²) in [5.41, 5.74) is -0.151. The molecular weight excluding hydrogens is 262 g/mol. The standard InChI is InChI=1S/C15H32ClNO2/c1-11(2)12(3)10-19-15(5,6)7-13(4)17-9-14(18)8-16/h11-14,17-18H,7-10H2,1-6H3. The number of rotatable bonds is 10. The second-order valence-electron chi connectivity index (χ2n) is 6.61. The zero-order chi connectivity index (χ0) is 15.1. The fourth-order valence-corrected chi connectivity index (χ4v) is 1.92. The van der Waals surface area contributed by atoms with Crippen molar-refractivity contribution in [1.82, 2.24) is 5.32 Å². The van der Waals surface area contributed by atoms with Crippen LogP contribution in [0.15, 0.2) is 0 Å². The first-order valence-electron chi connectivity index (χ1n) is 7.29. The van der Waals surface area contributed by atoms with Gasteiger partial charge in [0.1, 0.15) is 0 Å². The van der Waals surface area contributed by atoms with Gasteiger partial charge in [0.25, 0.3) is 0 Å². The lowest BCUT2D eigenvalue weighted by atomic mass is 9.97. The maximum atomic E-state index is 9.42. The number of aliphatic hydroxyl groups excluding tert-OH is 1. The minimum atomic E-state index is -0.478. The highest BCUT2D eigenvalue weighted by Crippen LogP contribution is 2.20. The van der Waals surface area contributed by atoms with E-state index in [1.807, 2.05) is 0 Å². The molecule has 2 N–H and O–H groups in total. The molecule has 0 amide bonds. The largest absolute Gasteiger partial charge is 0.391 e. The van der Waals surface area contributed by atoms with Gasteiger partial charge in [0, 0.05) is 18.5 Å². The summed E-state index contributed by atoms with van der Waals surface area (Å²) in [6, 6.07) is 0.294. The van der Waals surface area contributed by atoms with Crippen molar-refractivity contribution in [3.63, 3.8) is 0 Å². The Kier molecular flexibility index (Phi) is 9.25. The molecule has 0 fully saturated rings. The van der Waals surface area contributed by atoms with E-state index in [2.05, 4.69) is 46.9 Å². The minimum Gasteiger partial charge on any atom is -0.391 e. The van der Waals surface area contributed by atoms with Gasteiger partial charge < -0.3 is 15.2 Å². The van der Waals surface area contributed by atoms with Gasteiger partial charge in [-0.15, -0.1) is 11.6 Å². The summed E-state index contributed by atoms with van der Waals surface area (Å²) in [7, 11) is 0. The Labute approximate surface area is 124 Å². The Hall–Kier alpha value is 0.170. The lowest BCUT2D eigenvalue weighted by molar-refractivity contribution is -0.0490. The molecule has 0 radical (unpaired) electrons. The maximum Gasteiger partial charge on any atom is 0.0799 e. The van der Waals surface area contributed by atoms with Crippen LogP contribution in [-0.4, -0.2) is 41.9 Å². The lowest BCUT2D eigenvalue weighted by Gasteiger charge is -2.31. The molecule has 19 heavy (non-hydrogen) atoms. The highest BCUT2D eigenvalue weighted by Gasteiger charge is 2.23. The Balaban J connectivity index is 3.99. The van der Waals surface area contributed by atoms with Crippen molar-refractivity contribution in [2.45, 2.75) is 65.7 Å². The van der Waals surface area contributed by atoms with Crippen LogP contribution in [-0.2, 0) is 4.74 Å². The number of halogens is 1. The summed E-state index contributed by atoms with van der Waals surface area (Å²) >= 11 is 5.57. The van der Waals surface area contributed by atoms with Crippen LogP contribution in [0.4, 0.5) is 0 Å². The van der Waals surface area contributed by atoms with Crippen molar-refractivity contribution in [3.05, 3.63) is 0 Å². The molecule has 0 heterocycles. The predicted molar refractivity (Wildman–Crippen MR) is 82.8 cm³/mol. The Bertz CT molecular complexity index is 234. The first kappa shape index (κ1) is 19.2. The van der Waals surface area contributed by atoms with E-state index in [0.29, 0.717) is 24.4 Å². The van der Waals surface area contributed by atoms with E-state index in [0.717, 1.165) is 13.0 Å². The van der Waals surface area contributed by atoms with Crippen LogP contribution < -0.4 is 5.32 Å². The third kappa shape index (κ3) is 9.67. The van der Waals surface area contributed by atoms with Gasteiger partial charge in [-0.3, -0.25) is 0 Å². The fraction of sp³-hybridized carbons (Fsp3) is 1.00. The lowest BCUT2D eigenvalue weighted by Crippen LogP contribution is -2.40. The van der Waals surface area contributed by atoms with Crippen LogP contribution >= 0.6 is 11.6 Å². The highest BCUT2D eigenvalue weighted by atomic mass is 35.5. The molecule has 0 rings (SSSR count). The zero-order valence-corrected chi connectivity index (χ0v) is 14.1. The summed E-state index contributed by atoms with van der Waals surface area (Å²) < 4.78 is 6.03. The van der Waals surface area contributed by atoms with Crippen LogP contribution in [0, 0.1) is 11.8 Å². The smallest absolute Gasteiger partial charge is 0.0799 e. The third-order valence-electron chi connectivity index (χ3n) is 3.55. The van der Waals surface area contributed by atoms with Gasteiger partial charge in [0.2, 0.25) is 0 Å². The molecule has 0 saturated heterocycles. The number of hydrogen-bond acceptors (Lipinski definition) is 3. The molecule has 4 heteroatoms. The van der Waals surface area contributed by atoms with Crippen molar-refractivity contribution in [1.29, 1.82) is 0 Å². The van der Waals surface area contributed by atoms with E-state index >= 15 is 0 Å². The number of nitrogens with one attached hydrogen (secondary N) is 1. The van der Waals surface area contributed by atoms with Crippen molar-refractivity contribution in [2.24, 2.45) is 11.8 Å². The molecule has 3 unspecified atom stereocenters. The second-order valence-corrected chi connectivity index (χ2v) is 6.92. The molecular formula is C15H32ClNO2. The second kappa shape index (κ2) is 9.17. The van der Waals surface area contributed by atoms with Gasteiger partial charge in [-0.25, -0.2) is 0 Å². The topological polar surface area (TPSA) is 41.5 Å². The van der Waals surface area contributed by atoms with Gasteiger partial charge >= 0.3 is 0 Å². The molecule has 0 saturated carbocycles. The Morgan fingerprint density at radius 3 is 2.26 bits per heavy atom. The minimum absolute atomic E-state index is 0.151. The Morgan fingerprint density at radius 2 is 1.79 bits per heavy atom. The van der Waals surface area contributed by atoms with Gasteiger partial charge in [-0.05, 0) is 39.0 Å². The van der Waals surface area contributed by atoms with E-state index in [1.54, 1.807) is 0 Å². The normalized spacial score (nSPS) is 17.5. The van der Waals surface area contributed by atoms with Gasteiger partial charge in [0.15, 0.2) is 0 Å². The fourth-order valence-electron chi connectivity index (χ4n) is 1.81. The summed E-state index contributed by atoms with van der Waals surface area (Å²) in [6.45, 7) is 14.3. The molecule has 0 spiro atoms. The molecule has 0 aromatic heterocycles. The Morgan fingerprint density at radius 1 is 1.21 bits per heavy atom. The van der Waals surface area contributed by atoms with E-state index in [1.165, 1.54) is 0 Å². The molecule has 3 nitrogen and oxygen atoms in total. The van der Waals surface area contributed by atoms with Crippen LogP contribution in [0.1, 0.15) is 48.0 Å². The van der Waals surface area contributed by atoms with E-state index in [4.69, 9.17) is 16.3 Å². The molecule has 0 aromatic rings. The summed E-state index contributed by atoms with van der Waals surface area (Å²) in [5.74, 6) is 1.48. The summed E-state index contributed by atoms with van der Waals surface area (Å²) in [6.07, 6.45) is 0.432. The average Bonchev–Trinajstić information content (AvgIpc) is 2.32. The number of alkyl halides is 1. The maximum absolute atomic E-state index is 9.42. The van der Waals surface area contributed by atoms with Crippen molar-refractivity contribution < 1.29 is 9.84 Å². The molecule has 116 valence electrons. The van der Waals surface area contributed by atoms with E-state index in [9.17, 15) is 5.11 Å². The quantitative estimate of drug-likeness (QED) is 0.608. The third-order valence-corrected chi connectivity index (χ3v) is 3.91. The van der Waals surface area contributed by atoms with Gasteiger partial charge in [-0.2, -0.15) is 0 Å². The molecule has 0 aliphatic rings. The number of aliphatic hydroxyl groups is 1. The monoisotopic (exact) mass is 293 g/mol. The van der Waals surface area contributed by atoms with Crippen LogP contribution in [0.3, 0.4) is 0 Å². The van der Waals surface area contributed by atoms with Crippen LogP contribution in [0.5, 0.6) is 0 Å². The summed E-state index contributed by atoms with van der Waals surface area (Å²) in [5, 5.41) is 12.7. The van der Waals surface area contributed by atoms with Gasteiger partial charge in [0.05, 0.1) is 18.3 Å². The predicted octanol–water partition coefficient (Wildman–Crippen LogP) is 3.04. The SMILES string of the molecule is CC(CC(C)(C)OCC(C)C(C)C)NCC(O)CCl. The van der Waals surface area contributed by atoms with Crippen LogP contribution in [0.2, 0.25) is 0 Å². The van der Waals surface area contributed by atoms with E-state index in [-0.39, 0.29) is 11.5 Å². The number of ether oxygens (including phenoxy) is 1.